The van der Waals surface area contributed by atoms with E-state index in [9.17, 15) is 36.2 Å². The van der Waals surface area contributed by atoms with Gasteiger partial charge >= 0.3 is 0 Å². The van der Waals surface area contributed by atoms with Gasteiger partial charge in [-0.15, -0.1) is 0 Å². The fourth-order valence-electron chi connectivity index (χ4n) is 6.37. The van der Waals surface area contributed by atoms with Crippen LogP contribution in [-0.4, -0.2) is 167 Å². The van der Waals surface area contributed by atoms with E-state index in [1.807, 2.05) is 0 Å². The van der Waals surface area contributed by atoms with Crippen LogP contribution < -0.4 is 0 Å². The molecule has 1 saturated carbocycles. The molecule has 0 aromatic carbocycles. The summed E-state index contributed by atoms with van der Waals surface area (Å²) in [7, 11) is 0. The molecule has 0 spiro atoms. The third-order valence-electron chi connectivity index (χ3n) is 8.97. The van der Waals surface area contributed by atoms with Gasteiger partial charge in [0.15, 0.2) is 18.9 Å². The van der Waals surface area contributed by atoms with Gasteiger partial charge in [0.1, 0.15) is 54.9 Å². The van der Waals surface area contributed by atoms with Crippen LogP contribution >= 0.6 is 0 Å². The van der Waals surface area contributed by atoms with Crippen molar-refractivity contribution < 1.29 is 63.5 Å². The van der Waals surface area contributed by atoms with Crippen LogP contribution in [0, 0.1) is 0 Å². The van der Waals surface area contributed by atoms with Gasteiger partial charge in [0.05, 0.1) is 62.3 Å². The largest absolute Gasteiger partial charge is 0.394 e. The Morgan fingerprint density at radius 3 is 1.61 bits per heavy atom. The highest BCUT2D eigenvalue weighted by Gasteiger charge is 2.55. The molecule has 31 heteroatoms. The molecule has 30 nitrogen and oxygen atoms in total. The maximum atomic E-state index is 15.4. The van der Waals surface area contributed by atoms with E-state index in [0.29, 0.717) is 0 Å². The van der Waals surface area contributed by atoms with Gasteiger partial charge in [0.25, 0.3) is 0 Å². The van der Waals surface area contributed by atoms with Crippen LogP contribution in [0.5, 0.6) is 0 Å². The molecule has 0 aromatic heterocycles. The average Bonchev–Trinajstić information content (AvgIpc) is 3.45. The van der Waals surface area contributed by atoms with Crippen molar-refractivity contribution in [1.29, 1.82) is 0 Å². The molecule has 54 heavy (non-hydrogen) atoms. The van der Waals surface area contributed by atoms with E-state index in [-0.39, 0.29) is 0 Å². The summed E-state index contributed by atoms with van der Waals surface area (Å²) >= 11 is 0. The molecule has 1 aliphatic carbocycles. The molecule has 3 saturated heterocycles. The van der Waals surface area contributed by atoms with Gasteiger partial charge in [-0.1, -0.05) is 30.7 Å². The fourth-order valence-corrected chi connectivity index (χ4v) is 6.37. The molecule has 4 fully saturated rings. The van der Waals surface area contributed by atoms with Gasteiger partial charge in [0.2, 0.25) is 0 Å². The van der Waals surface area contributed by atoms with Gasteiger partial charge in [0, 0.05) is 29.5 Å². The van der Waals surface area contributed by atoms with Gasteiger partial charge in [-0.3, -0.25) is 0 Å². The lowest BCUT2D eigenvalue weighted by molar-refractivity contribution is -0.302. The quantitative estimate of drug-likeness (QED) is 0.0738. The van der Waals surface area contributed by atoms with Gasteiger partial charge in [-0.05, 0) is 39.6 Å². The molecule has 3 heterocycles. The predicted octanol–water partition coefficient (Wildman–Crippen LogP) is 0.191. The number of aliphatic hydroxyl groups excluding tert-OH is 6. The monoisotopic (exact) mass is 772 g/mol. The van der Waals surface area contributed by atoms with Crippen molar-refractivity contribution >= 4 is 0 Å². The van der Waals surface area contributed by atoms with Crippen LogP contribution in [0.3, 0.4) is 0 Å². The highest BCUT2D eigenvalue weighted by Crippen LogP contribution is 2.38. The Bertz CT molecular complexity index is 1600. The van der Waals surface area contributed by atoms with Crippen LogP contribution in [-0.2, 0) is 28.4 Å². The van der Waals surface area contributed by atoms with Gasteiger partial charge < -0.3 is 59.1 Å². The third kappa shape index (κ3) is 9.15. The number of hydrogen-bond acceptors (Lipinski definition) is 18. The smallest absolute Gasteiger partial charge is 0.187 e. The second-order valence-electron chi connectivity index (χ2n) is 12.0. The average molecular weight is 773 g/mol. The van der Waals surface area contributed by atoms with E-state index in [0.717, 1.165) is 0 Å². The summed E-state index contributed by atoms with van der Waals surface area (Å²) in [5.41, 5.74) is 54.1. The topological polar surface area (TPSA) is 469 Å². The zero-order valence-electron chi connectivity index (χ0n) is 27.4. The molecule has 0 aromatic rings. The molecule has 4 rings (SSSR count). The summed E-state index contributed by atoms with van der Waals surface area (Å²) in [6.45, 7) is -2.03. The van der Waals surface area contributed by atoms with Gasteiger partial charge in [-0.2, -0.15) is 0 Å². The molecule has 0 amide bonds. The van der Waals surface area contributed by atoms with Crippen molar-refractivity contribution in [2.24, 2.45) is 30.7 Å². The maximum Gasteiger partial charge on any atom is 0.187 e. The van der Waals surface area contributed by atoms with Crippen molar-refractivity contribution in [2.45, 2.75) is 123 Å². The molecule has 0 radical (unpaired) electrons. The van der Waals surface area contributed by atoms with Crippen molar-refractivity contribution in [3.8, 4) is 0 Å². The number of alkyl halides is 1. The minimum absolute atomic E-state index is 0.410. The standard InChI is InChI=1S/C23H33FN18O12/c24-10-11(35-41-29)21(49-7(14(10)45)2-31-37-25)52-18-6(34-40-28)1-5(33-39-27)13(44)20(18)54-23-17(48)19(9(4-43)51-23)53-22-12(36-42-30)16(47)15(46)8(50-22)3-32-38-26/h5-23,43-48H,1-4H2/t5?,6?,7-,8+,9-,10+,11?,12?,13+,14-,15-,16-,17-,18-,19?,20-,21-,22?,23+/m1/s1. The Kier molecular flexibility index (Phi) is 15.3. The second kappa shape index (κ2) is 19.6. The van der Waals surface area contributed by atoms with E-state index in [2.05, 4.69) is 60.2 Å². The minimum Gasteiger partial charge on any atom is -0.394 e. The van der Waals surface area contributed by atoms with Crippen LogP contribution in [0.4, 0.5) is 4.39 Å². The number of ether oxygens (including phenoxy) is 6. The Morgan fingerprint density at radius 1 is 0.537 bits per heavy atom. The summed E-state index contributed by atoms with van der Waals surface area (Å²) in [5, 5.41) is 84.6. The number of hydrogen-bond donors (Lipinski definition) is 6. The number of aliphatic hydroxyl groups is 6. The first kappa shape index (κ1) is 42.1. The van der Waals surface area contributed by atoms with E-state index < -0.39 is 142 Å². The Morgan fingerprint density at radius 2 is 1.04 bits per heavy atom. The lowest BCUT2D eigenvalue weighted by Crippen LogP contribution is -2.62. The molecular weight excluding hydrogens is 739 g/mol. The number of halogens is 1. The lowest BCUT2D eigenvalue weighted by atomic mass is 9.84. The number of azide groups is 6. The number of nitrogens with zero attached hydrogens (tertiary/aromatic N) is 18. The first-order valence-corrected chi connectivity index (χ1v) is 15.8. The Hall–Kier alpha value is -4.69. The summed E-state index contributed by atoms with van der Waals surface area (Å²) in [4.78, 5) is 15.6. The van der Waals surface area contributed by atoms with Gasteiger partial charge in [-0.25, -0.2) is 4.39 Å². The zero-order valence-corrected chi connectivity index (χ0v) is 27.4. The normalized spacial score (nSPS) is 43.1. The third-order valence-corrected chi connectivity index (χ3v) is 8.97. The van der Waals surface area contributed by atoms with E-state index >= 15 is 4.39 Å². The lowest BCUT2D eigenvalue weighted by Gasteiger charge is -2.46. The molecule has 19 atom stereocenters. The molecular formula is C23H33FN18O12. The summed E-state index contributed by atoms with van der Waals surface area (Å²) in [6, 6.07) is -6.42. The second-order valence-corrected chi connectivity index (χ2v) is 12.0. The predicted molar refractivity (Wildman–Crippen MR) is 167 cm³/mol. The van der Waals surface area contributed by atoms with Crippen molar-refractivity contribution in [3.63, 3.8) is 0 Å². The highest BCUT2D eigenvalue weighted by molar-refractivity contribution is 5.04. The maximum absolute atomic E-state index is 15.4. The SMILES string of the molecule is [N-]=[N+]=NC[C@@H]1OC(OC2[C@@H](O)[C@H](O[C@H]3[C@H](O[C@H]4O[C@H](CN=[N+]=[N-])[C@@H](O)[C@@H](F)C4N=[N+]=[N-])C(N=[N+]=[N-])CC(N=[N+]=[N-])[C@@H]3O)O[C@@H]2CO)C(N=[N+]=[N-])[C@@H](O)[C@@H]1O. The Labute approximate surface area is 299 Å². The minimum atomic E-state index is -2.37. The molecule has 294 valence electrons. The van der Waals surface area contributed by atoms with Crippen LogP contribution in [0.15, 0.2) is 30.7 Å². The van der Waals surface area contributed by atoms with Crippen molar-refractivity contribution in [1.82, 2.24) is 0 Å². The van der Waals surface area contributed by atoms with Crippen molar-refractivity contribution in [3.05, 3.63) is 62.7 Å². The summed E-state index contributed by atoms with van der Waals surface area (Å²) < 4.78 is 49.8. The fraction of sp³-hybridized carbons (Fsp3) is 1.00. The van der Waals surface area contributed by atoms with E-state index in [1.54, 1.807) is 0 Å². The molecule has 0 bridgehead atoms. The summed E-state index contributed by atoms with van der Waals surface area (Å²) in [6.07, 6.45) is -27.5. The van der Waals surface area contributed by atoms with Crippen molar-refractivity contribution in [2.75, 3.05) is 19.7 Å². The van der Waals surface area contributed by atoms with E-state index in [1.165, 1.54) is 0 Å². The molecule has 6 unspecified atom stereocenters. The summed E-state index contributed by atoms with van der Waals surface area (Å²) in [5.74, 6) is 0. The first-order chi connectivity index (χ1) is 26.0. The van der Waals surface area contributed by atoms with Crippen LogP contribution in [0.2, 0.25) is 0 Å². The zero-order chi connectivity index (χ0) is 39.5. The van der Waals surface area contributed by atoms with Crippen LogP contribution in [0.25, 0.3) is 62.7 Å². The molecule has 3 aliphatic heterocycles. The highest BCUT2D eigenvalue weighted by atomic mass is 19.1. The molecule has 4 aliphatic rings. The first-order valence-electron chi connectivity index (χ1n) is 15.8. The van der Waals surface area contributed by atoms with E-state index in [4.69, 9.17) is 56.1 Å². The van der Waals surface area contributed by atoms with Crippen LogP contribution in [0.1, 0.15) is 6.42 Å². The molecule has 6 N–H and O–H groups in total. The number of rotatable bonds is 15. The Balaban J connectivity index is 1.67.